The second-order valence-corrected chi connectivity index (χ2v) is 6.70. The van der Waals surface area contributed by atoms with E-state index in [1.54, 1.807) is 38.6 Å². The Morgan fingerprint density at radius 2 is 2.15 bits per heavy atom. The normalized spacial score (nSPS) is 17.3. The van der Waals surface area contributed by atoms with Crippen LogP contribution in [0.15, 0.2) is 42.7 Å². The number of benzene rings is 1. The number of hydrogen-bond donors (Lipinski definition) is 1. The largest absolute Gasteiger partial charge is 0.497 e. The number of pyridine rings is 1. The fourth-order valence-corrected chi connectivity index (χ4v) is 3.57. The van der Waals surface area contributed by atoms with Crippen LogP contribution < -0.4 is 14.8 Å². The van der Waals surface area contributed by atoms with E-state index < -0.39 is 0 Å². The van der Waals surface area contributed by atoms with Gasteiger partial charge in [0.1, 0.15) is 11.5 Å². The molecule has 0 saturated carbocycles. The number of nitrogens with one attached hydrogen (secondary N) is 1. The van der Waals surface area contributed by atoms with Gasteiger partial charge in [0.05, 0.1) is 19.9 Å². The van der Waals surface area contributed by atoms with Crippen molar-refractivity contribution in [1.29, 1.82) is 0 Å². The molecule has 0 radical (unpaired) electrons. The molecule has 1 aromatic heterocycles. The highest BCUT2D eigenvalue weighted by atomic mass is 16.5. The van der Waals surface area contributed by atoms with E-state index in [0.717, 1.165) is 19.5 Å². The number of hydrogen-bond acceptors (Lipinski definition) is 5. The minimum atomic E-state index is -0.0195. The van der Waals surface area contributed by atoms with Crippen molar-refractivity contribution in [2.75, 3.05) is 32.6 Å². The van der Waals surface area contributed by atoms with Crippen molar-refractivity contribution < 1.29 is 14.3 Å². The summed E-state index contributed by atoms with van der Waals surface area (Å²) in [5.41, 5.74) is 1.89. The van der Waals surface area contributed by atoms with Gasteiger partial charge in [0, 0.05) is 37.5 Å². The highest BCUT2D eigenvalue weighted by molar-refractivity contribution is 5.92. The third-order valence-electron chi connectivity index (χ3n) is 4.99. The Kier molecular flexibility index (Phi) is 6.65. The molecule has 1 saturated heterocycles. The summed E-state index contributed by atoms with van der Waals surface area (Å²) < 4.78 is 10.5. The molecular weight excluding hydrogens is 342 g/mol. The minimum absolute atomic E-state index is 0.0195. The number of ether oxygens (including phenoxy) is 2. The van der Waals surface area contributed by atoms with Gasteiger partial charge in [0.25, 0.3) is 0 Å². The molecule has 144 valence electrons. The molecule has 0 bridgehead atoms. The van der Waals surface area contributed by atoms with Crippen molar-refractivity contribution in [2.45, 2.75) is 31.7 Å². The van der Waals surface area contributed by atoms with Crippen molar-refractivity contribution in [2.24, 2.45) is 0 Å². The molecule has 0 aliphatic carbocycles. The van der Waals surface area contributed by atoms with Crippen LogP contribution in [-0.4, -0.2) is 43.1 Å². The molecule has 27 heavy (non-hydrogen) atoms. The van der Waals surface area contributed by atoms with Crippen LogP contribution in [0.2, 0.25) is 0 Å². The van der Waals surface area contributed by atoms with Crippen LogP contribution in [0.25, 0.3) is 0 Å². The average Bonchev–Trinajstić information content (AvgIpc) is 2.73. The van der Waals surface area contributed by atoms with Crippen LogP contribution in [0.3, 0.4) is 0 Å². The molecule has 1 aliphatic rings. The quantitative estimate of drug-likeness (QED) is 0.807. The fourth-order valence-electron chi connectivity index (χ4n) is 3.57. The highest BCUT2D eigenvalue weighted by Crippen LogP contribution is 2.31. The van der Waals surface area contributed by atoms with Gasteiger partial charge in [-0.15, -0.1) is 0 Å². The number of anilines is 1. The van der Waals surface area contributed by atoms with Gasteiger partial charge in [-0.1, -0.05) is 12.5 Å². The molecule has 1 amide bonds. The number of rotatable bonds is 7. The van der Waals surface area contributed by atoms with Crippen molar-refractivity contribution in [3.05, 3.63) is 48.3 Å². The predicted octanol–water partition coefficient (Wildman–Crippen LogP) is 3.65. The molecule has 1 fully saturated rings. The first kappa shape index (κ1) is 19.2. The van der Waals surface area contributed by atoms with Gasteiger partial charge in [-0.2, -0.15) is 0 Å². The molecule has 1 aromatic carbocycles. The van der Waals surface area contributed by atoms with Crippen molar-refractivity contribution in [3.8, 4) is 11.5 Å². The molecule has 0 unspecified atom stereocenters. The van der Waals surface area contributed by atoms with Gasteiger partial charge in [-0.3, -0.25) is 14.7 Å². The maximum absolute atomic E-state index is 12.5. The lowest BCUT2D eigenvalue weighted by molar-refractivity contribution is -0.116. The molecule has 6 heteroatoms. The second-order valence-electron chi connectivity index (χ2n) is 6.70. The molecule has 3 rings (SSSR count). The number of carbonyl (C=O) groups excluding carboxylic acids is 1. The van der Waals surface area contributed by atoms with Crippen LogP contribution in [0.4, 0.5) is 5.69 Å². The van der Waals surface area contributed by atoms with Crippen LogP contribution >= 0.6 is 0 Å². The summed E-state index contributed by atoms with van der Waals surface area (Å²) in [4.78, 5) is 19.1. The van der Waals surface area contributed by atoms with Gasteiger partial charge in [0.2, 0.25) is 5.91 Å². The van der Waals surface area contributed by atoms with E-state index >= 15 is 0 Å². The van der Waals surface area contributed by atoms with Crippen LogP contribution in [0.1, 0.15) is 37.3 Å². The number of carbonyl (C=O) groups is 1. The molecule has 1 aliphatic heterocycles. The zero-order valence-corrected chi connectivity index (χ0v) is 16.0. The number of aromatic nitrogens is 1. The number of piperidine rings is 1. The van der Waals surface area contributed by atoms with Crippen molar-refractivity contribution in [1.82, 2.24) is 9.88 Å². The van der Waals surface area contributed by atoms with E-state index in [1.165, 1.54) is 18.4 Å². The Balaban J connectivity index is 1.59. The van der Waals surface area contributed by atoms with Gasteiger partial charge in [0.15, 0.2) is 0 Å². The van der Waals surface area contributed by atoms with Crippen molar-refractivity contribution in [3.63, 3.8) is 0 Å². The Morgan fingerprint density at radius 1 is 1.26 bits per heavy atom. The minimum Gasteiger partial charge on any atom is -0.497 e. The van der Waals surface area contributed by atoms with E-state index in [0.29, 0.717) is 29.6 Å². The predicted molar refractivity (Wildman–Crippen MR) is 105 cm³/mol. The first-order valence-electron chi connectivity index (χ1n) is 9.37. The Labute approximate surface area is 160 Å². The Hall–Kier alpha value is -2.60. The summed E-state index contributed by atoms with van der Waals surface area (Å²) in [6, 6.07) is 9.81. The second kappa shape index (κ2) is 9.37. The number of nitrogens with zero attached hydrogens (tertiary/aromatic N) is 2. The zero-order valence-electron chi connectivity index (χ0n) is 16.0. The van der Waals surface area contributed by atoms with E-state index in [1.807, 2.05) is 12.3 Å². The summed E-state index contributed by atoms with van der Waals surface area (Å²) in [6.45, 7) is 1.74. The van der Waals surface area contributed by atoms with E-state index in [2.05, 4.69) is 21.3 Å². The molecule has 6 nitrogen and oxygen atoms in total. The third kappa shape index (κ3) is 4.98. The van der Waals surface area contributed by atoms with Gasteiger partial charge in [-0.25, -0.2) is 0 Å². The third-order valence-corrected chi connectivity index (χ3v) is 4.99. The molecule has 0 spiro atoms. The van der Waals surface area contributed by atoms with Gasteiger partial charge >= 0.3 is 0 Å². The number of amides is 1. The first-order chi connectivity index (χ1) is 13.2. The van der Waals surface area contributed by atoms with E-state index in [4.69, 9.17) is 9.47 Å². The fraction of sp³-hybridized carbons (Fsp3) is 0.429. The summed E-state index contributed by atoms with van der Waals surface area (Å²) in [7, 11) is 3.18. The Morgan fingerprint density at radius 3 is 2.89 bits per heavy atom. The SMILES string of the molecule is COc1ccc(NC(=O)CCN2CCCC[C@H]2c2cccnc2)c(OC)c1. The van der Waals surface area contributed by atoms with Gasteiger partial charge < -0.3 is 14.8 Å². The van der Waals surface area contributed by atoms with Crippen LogP contribution in [-0.2, 0) is 4.79 Å². The molecule has 2 aromatic rings. The van der Waals surface area contributed by atoms with E-state index in [9.17, 15) is 4.79 Å². The average molecular weight is 369 g/mol. The summed E-state index contributed by atoms with van der Waals surface area (Å²) in [5, 5.41) is 2.95. The van der Waals surface area contributed by atoms with Crippen LogP contribution in [0, 0.1) is 0 Å². The standard InChI is InChI=1S/C21H27N3O3/c1-26-17-8-9-18(20(14-17)27-2)23-21(25)10-13-24-12-4-3-7-19(24)16-6-5-11-22-15-16/h5-6,8-9,11,14-15,19H,3-4,7,10,12-13H2,1-2H3,(H,23,25)/t19-/m0/s1. The number of methoxy groups -OCH3 is 2. The maximum Gasteiger partial charge on any atom is 0.225 e. The summed E-state index contributed by atoms with van der Waals surface area (Å²) in [5.74, 6) is 1.26. The van der Waals surface area contributed by atoms with Crippen molar-refractivity contribution >= 4 is 11.6 Å². The topological polar surface area (TPSA) is 63.7 Å². The zero-order chi connectivity index (χ0) is 19.1. The Bertz CT molecular complexity index is 752. The monoisotopic (exact) mass is 369 g/mol. The smallest absolute Gasteiger partial charge is 0.225 e. The molecule has 1 N–H and O–H groups in total. The first-order valence-corrected chi connectivity index (χ1v) is 9.37. The van der Waals surface area contributed by atoms with E-state index in [-0.39, 0.29) is 5.91 Å². The number of likely N-dealkylation sites (tertiary alicyclic amines) is 1. The lowest BCUT2D eigenvalue weighted by atomic mass is 9.96. The molecule has 1 atom stereocenters. The molecular formula is C21H27N3O3. The lowest BCUT2D eigenvalue weighted by Crippen LogP contribution is -2.35. The highest BCUT2D eigenvalue weighted by Gasteiger charge is 2.24. The molecule has 2 heterocycles. The maximum atomic E-state index is 12.5. The lowest BCUT2D eigenvalue weighted by Gasteiger charge is -2.35. The van der Waals surface area contributed by atoms with Gasteiger partial charge in [-0.05, 0) is 43.1 Å². The van der Waals surface area contributed by atoms with Crippen LogP contribution in [0.5, 0.6) is 11.5 Å². The summed E-state index contributed by atoms with van der Waals surface area (Å²) in [6.07, 6.45) is 7.67. The summed E-state index contributed by atoms with van der Waals surface area (Å²) >= 11 is 0.